The van der Waals surface area contributed by atoms with E-state index in [9.17, 15) is 9.59 Å². The van der Waals surface area contributed by atoms with Gasteiger partial charge in [-0.3, -0.25) is 14.3 Å². The molecule has 0 spiro atoms. The fourth-order valence-corrected chi connectivity index (χ4v) is 3.30. The SMILES string of the molecule is CCCn1c(=O)[nH]c(=O)c2c(-c3nc(CC(C)NC)no3)cc(C3CC3)nc21. The van der Waals surface area contributed by atoms with Crippen LogP contribution in [0.15, 0.2) is 20.2 Å². The molecule has 4 rings (SSSR count). The van der Waals surface area contributed by atoms with E-state index in [-0.39, 0.29) is 11.9 Å². The van der Waals surface area contributed by atoms with Crippen LogP contribution in [0.25, 0.3) is 22.5 Å². The summed E-state index contributed by atoms with van der Waals surface area (Å²) in [6.07, 6.45) is 3.45. The molecule has 0 aliphatic heterocycles. The molecule has 148 valence electrons. The Morgan fingerprint density at radius 3 is 2.82 bits per heavy atom. The molecule has 0 amide bonds. The van der Waals surface area contributed by atoms with Gasteiger partial charge < -0.3 is 9.84 Å². The number of pyridine rings is 1. The molecule has 1 saturated carbocycles. The molecule has 0 aromatic carbocycles. The van der Waals surface area contributed by atoms with Crippen molar-refractivity contribution in [3.05, 3.63) is 38.4 Å². The second kappa shape index (κ2) is 7.31. The zero-order valence-electron chi connectivity index (χ0n) is 16.3. The summed E-state index contributed by atoms with van der Waals surface area (Å²) in [7, 11) is 1.87. The Balaban J connectivity index is 1.93. The lowest BCUT2D eigenvalue weighted by Crippen LogP contribution is -2.31. The highest BCUT2D eigenvalue weighted by Crippen LogP contribution is 2.41. The number of nitrogens with zero attached hydrogens (tertiary/aromatic N) is 4. The van der Waals surface area contributed by atoms with Crippen molar-refractivity contribution in [3.8, 4) is 11.5 Å². The van der Waals surface area contributed by atoms with Gasteiger partial charge >= 0.3 is 5.69 Å². The third-order valence-corrected chi connectivity index (χ3v) is 5.09. The van der Waals surface area contributed by atoms with Crippen LogP contribution in [-0.2, 0) is 13.0 Å². The van der Waals surface area contributed by atoms with Crippen molar-refractivity contribution < 1.29 is 4.52 Å². The first-order valence-corrected chi connectivity index (χ1v) is 9.69. The maximum atomic E-state index is 12.7. The maximum absolute atomic E-state index is 12.7. The summed E-state index contributed by atoms with van der Waals surface area (Å²) in [5.74, 6) is 1.19. The van der Waals surface area contributed by atoms with E-state index < -0.39 is 11.2 Å². The maximum Gasteiger partial charge on any atom is 0.329 e. The van der Waals surface area contributed by atoms with Gasteiger partial charge in [0.2, 0.25) is 0 Å². The molecule has 9 heteroatoms. The fraction of sp³-hybridized carbons (Fsp3) is 0.526. The Hall–Kier alpha value is -2.81. The number of rotatable bonds is 7. The molecule has 0 saturated heterocycles. The highest BCUT2D eigenvalue weighted by atomic mass is 16.5. The standard InChI is InChI=1S/C19H24N6O3/c1-4-7-25-16-15(17(26)23-19(25)27)12(9-13(21-16)11-5-6-11)18-22-14(24-28-18)8-10(2)20-3/h9-11,20H,4-8H2,1-3H3,(H,23,26,27). The molecule has 28 heavy (non-hydrogen) atoms. The molecule has 1 aliphatic carbocycles. The predicted molar refractivity (Wildman–Crippen MR) is 104 cm³/mol. The van der Waals surface area contributed by atoms with Crippen LogP contribution < -0.4 is 16.6 Å². The summed E-state index contributed by atoms with van der Waals surface area (Å²) >= 11 is 0. The molecule has 9 nitrogen and oxygen atoms in total. The number of H-pyrrole nitrogens is 1. The number of hydrogen-bond acceptors (Lipinski definition) is 7. The minimum Gasteiger partial charge on any atom is -0.334 e. The van der Waals surface area contributed by atoms with E-state index in [1.807, 2.05) is 27.0 Å². The van der Waals surface area contributed by atoms with Crippen LogP contribution in [0.1, 0.15) is 50.5 Å². The largest absolute Gasteiger partial charge is 0.334 e. The molecule has 1 atom stereocenters. The van der Waals surface area contributed by atoms with Crippen molar-refractivity contribution >= 4 is 11.0 Å². The molecule has 2 N–H and O–H groups in total. The van der Waals surface area contributed by atoms with Gasteiger partial charge in [0.05, 0.1) is 10.9 Å². The summed E-state index contributed by atoms with van der Waals surface area (Å²) in [5.41, 5.74) is 0.855. The third kappa shape index (κ3) is 3.37. The minimum atomic E-state index is -0.486. The van der Waals surface area contributed by atoms with E-state index in [1.54, 1.807) is 0 Å². The lowest BCUT2D eigenvalue weighted by atomic mass is 10.1. The Morgan fingerprint density at radius 1 is 1.36 bits per heavy atom. The lowest BCUT2D eigenvalue weighted by Gasteiger charge is -2.11. The average molecular weight is 384 g/mol. The molecular formula is C19H24N6O3. The summed E-state index contributed by atoms with van der Waals surface area (Å²) in [6, 6.07) is 2.05. The van der Waals surface area contributed by atoms with Gasteiger partial charge in [0, 0.05) is 30.6 Å². The number of fused-ring (bicyclic) bond motifs is 1. The Kier molecular flexibility index (Phi) is 4.84. The topological polar surface area (TPSA) is 119 Å². The van der Waals surface area contributed by atoms with Gasteiger partial charge in [-0.25, -0.2) is 9.78 Å². The fourth-order valence-electron chi connectivity index (χ4n) is 3.30. The van der Waals surface area contributed by atoms with Gasteiger partial charge in [0.25, 0.3) is 11.4 Å². The number of aromatic amines is 1. The monoisotopic (exact) mass is 384 g/mol. The molecule has 3 heterocycles. The van der Waals surface area contributed by atoms with Crippen molar-refractivity contribution in [3.63, 3.8) is 0 Å². The highest BCUT2D eigenvalue weighted by molar-refractivity contribution is 5.90. The molecule has 3 aromatic rings. The van der Waals surface area contributed by atoms with Crippen LogP contribution in [0, 0.1) is 0 Å². The minimum absolute atomic E-state index is 0.194. The highest BCUT2D eigenvalue weighted by Gasteiger charge is 2.28. The van der Waals surface area contributed by atoms with Crippen molar-refractivity contribution in [1.82, 2.24) is 30.0 Å². The van der Waals surface area contributed by atoms with E-state index in [1.165, 1.54) is 4.57 Å². The van der Waals surface area contributed by atoms with E-state index in [0.717, 1.165) is 25.0 Å². The smallest absolute Gasteiger partial charge is 0.329 e. The molecule has 1 unspecified atom stereocenters. The second-order valence-electron chi connectivity index (χ2n) is 7.39. The average Bonchev–Trinajstić information content (AvgIpc) is 3.43. The van der Waals surface area contributed by atoms with Gasteiger partial charge in [-0.05, 0) is 39.3 Å². The van der Waals surface area contributed by atoms with Gasteiger partial charge in [0.15, 0.2) is 11.5 Å². The Bertz CT molecular complexity index is 1120. The van der Waals surface area contributed by atoms with Crippen molar-refractivity contribution in [1.29, 1.82) is 0 Å². The van der Waals surface area contributed by atoms with E-state index in [0.29, 0.717) is 41.3 Å². The first kappa shape index (κ1) is 18.5. The van der Waals surface area contributed by atoms with E-state index in [4.69, 9.17) is 4.52 Å². The molecular weight excluding hydrogens is 360 g/mol. The lowest BCUT2D eigenvalue weighted by molar-refractivity contribution is 0.418. The second-order valence-corrected chi connectivity index (χ2v) is 7.39. The zero-order valence-corrected chi connectivity index (χ0v) is 16.3. The molecule has 1 aliphatic rings. The van der Waals surface area contributed by atoms with Crippen LogP contribution in [0.3, 0.4) is 0 Å². The van der Waals surface area contributed by atoms with Crippen LogP contribution in [0.2, 0.25) is 0 Å². The summed E-state index contributed by atoms with van der Waals surface area (Å²) < 4.78 is 7.01. The van der Waals surface area contributed by atoms with Gasteiger partial charge in [-0.1, -0.05) is 12.1 Å². The first-order valence-electron chi connectivity index (χ1n) is 9.69. The number of nitrogens with one attached hydrogen (secondary N) is 2. The van der Waals surface area contributed by atoms with Gasteiger partial charge in [-0.15, -0.1) is 0 Å². The first-order chi connectivity index (χ1) is 13.5. The van der Waals surface area contributed by atoms with Crippen molar-refractivity contribution in [2.75, 3.05) is 7.05 Å². The third-order valence-electron chi connectivity index (χ3n) is 5.09. The summed E-state index contributed by atoms with van der Waals surface area (Å²) in [6.45, 7) is 4.47. The van der Waals surface area contributed by atoms with Crippen molar-refractivity contribution in [2.45, 2.75) is 58.0 Å². The summed E-state index contributed by atoms with van der Waals surface area (Å²) in [5, 5.41) is 7.51. The normalized spacial score (nSPS) is 15.2. The number of aryl methyl sites for hydroxylation is 1. The summed E-state index contributed by atoms with van der Waals surface area (Å²) in [4.78, 5) is 36.6. The number of aromatic nitrogens is 5. The number of likely N-dealkylation sites (N-methyl/N-ethyl adjacent to an activating group) is 1. The Morgan fingerprint density at radius 2 is 2.14 bits per heavy atom. The quantitative estimate of drug-likeness (QED) is 0.635. The molecule has 0 bridgehead atoms. The van der Waals surface area contributed by atoms with Gasteiger partial charge in [-0.2, -0.15) is 4.98 Å². The van der Waals surface area contributed by atoms with Crippen LogP contribution in [0.5, 0.6) is 0 Å². The van der Waals surface area contributed by atoms with Crippen LogP contribution in [-0.4, -0.2) is 37.8 Å². The molecule has 0 radical (unpaired) electrons. The van der Waals surface area contributed by atoms with E-state index in [2.05, 4.69) is 25.4 Å². The predicted octanol–water partition coefficient (Wildman–Crippen LogP) is 1.57. The molecule has 3 aromatic heterocycles. The van der Waals surface area contributed by atoms with Crippen LogP contribution in [0.4, 0.5) is 0 Å². The van der Waals surface area contributed by atoms with E-state index >= 15 is 0 Å². The van der Waals surface area contributed by atoms with Crippen LogP contribution >= 0.6 is 0 Å². The zero-order chi connectivity index (χ0) is 19.8. The van der Waals surface area contributed by atoms with Crippen molar-refractivity contribution in [2.24, 2.45) is 0 Å². The van der Waals surface area contributed by atoms with Gasteiger partial charge in [0.1, 0.15) is 0 Å². The molecule has 1 fully saturated rings. The Labute approximate surface area is 161 Å². The number of hydrogen-bond donors (Lipinski definition) is 2.